The zero-order valence-electron chi connectivity index (χ0n) is 15.5. The highest BCUT2D eigenvalue weighted by Crippen LogP contribution is 2.49. The summed E-state index contributed by atoms with van der Waals surface area (Å²) in [7, 11) is 0. The molecule has 4 rings (SSSR count). The topological polar surface area (TPSA) is 105 Å². The van der Waals surface area contributed by atoms with E-state index in [1.807, 2.05) is 0 Å². The van der Waals surface area contributed by atoms with Gasteiger partial charge in [-0.15, -0.1) is 0 Å². The predicted octanol–water partition coefficient (Wildman–Crippen LogP) is 1.64. The average molecular weight is 377 g/mol. The lowest BCUT2D eigenvalue weighted by molar-refractivity contribution is -0.151. The number of urea groups is 1. The minimum Gasteiger partial charge on any atom is -0.455 e. The zero-order valence-corrected chi connectivity index (χ0v) is 15.5. The van der Waals surface area contributed by atoms with Gasteiger partial charge in [-0.1, -0.05) is 25.7 Å². The Morgan fingerprint density at radius 1 is 1.15 bits per heavy atom. The monoisotopic (exact) mass is 377 g/mol. The fourth-order valence-electron chi connectivity index (χ4n) is 5.42. The van der Waals surface area contributed by atoms with Gasteiger partial charge < -0.3 is 10.1 Å². The molecule has 0 aromatic carbocycles. The summed E-state index contributed by atoms with van der Waals surface area (Å²) in [6.07, 6.45) is 9.05. The number of ether oxygens (including phenoxy) is 1. The van der Waals surface area contributed by atoms with Gasteiger partial charge in [0, 0.05) is 6.42 Å². The second kappa shape index (κ2) is 7.13. The third-order valence-electron chi connectivity index (χ3n) is 6.78. The van der Waals surface area contributed by atoms with Gasteiger partial charge in [0.1, 0.15) is 5.54 Å². The van der Waals surface area contributed by atoms with Crippen molar-refractivity contribution in [3.05, 3.63) is 0 Å². The number of carbonyl (C=O) groups is 4. The molecule has 0 radical (unpaired) electrons. The first-order chi connectivity index (χ1) is 13.0. The second-order valence-electron chi connectivity index (χ2n) is 8.55. The number of carbonyl (C=O) groups excluding carboxylic acids is 4. The van der Waals surface area contributed by atoms with E-state index in [4.69, 9.17) is 4.74 Å². The molecule has 3 aliphatic carbocycles. The number of amides is 4. The number of nitrogens with zero attached hydrogens (tertiary/aromatic N) is 1. The SMILES string of the molecule is O=C(COC(=O)C[C@H]1C[C@@H]2CC[C@H]1C2)NN1C(=O)NC2(CCCCC2)C1=O. The molecule has 8 nitrogen and oxygen atoms in total. The summed E-state index contributed by atoms with van der Waals surface area (Å²) in [6, 6.07) is -0.622. The third-order valence-corrected chi connectivity index (χ3v) is 6.78. The molecule has 27 heavy (non-hydrogen) atoms. The summed E-state index contributed by atoms with van der Waals surface area (Å²) >= 11 is 0. The van der Waals surface area contributed by atoms with Crippen molar-refractivity contribution < 1.29 is 23.9 Å². The Balaban J connectivity index is 1.24. The number of fused-ring (bicyclic) bond motifs is 2. The van der Waals surface area contributed by atoms with Crippen LogP contribution in [0.25, 0.3) is 0 Å². The second-order valence-corrected chi connectivity index (χ2v) is 8.55. The maximum atomic E-state index is 12.6. The number of esters is 1. The number of hydrazine groups is 1. The lowest BCUT2D eigenvalue weighted by Gasteiger charge is -2.30. The molecule has 8 heteroatoms. The Hall–Kier alpha value is -2.12. The van der Waals surface area contributed by atoms with Crippen LogP contribution in [-0.2, 0) is 19.1 Å². The first kappa shape index (κ1) is 18.3. The molecule has 0 unspecified atom stereocenters. The van der Waals surface area contributed by atoms with Gasteiger partial charge in [0.2, 0.25) is 0 Å². The number of hydrogen-bond donors (Lipinski definition) is 2. The molecule has 1 aliphatic heterocycles. The van der Waals surface area contributed by atoms with E-state index < -0.39 is 30.0 Å². The van der Waals surface area contributed by atoms with Crippen molar-refractivity contribution in [3.8, 4) is 0 Å². The van der Waals surface area contributed by atoms with Crippen molar-refractivity contribution in [2.45, 2.75) is 69.7 Å². The number of rotatable bonds is 5. The van der Waals surface area contributed by atoms with Crippen LogP contribution in [0, 0.1) is 17.8 Å². The fourth-order valence-corrected chi connectivity index (χ4v) is 5.42. The van der Waals surface area contributed by atoms with E-state index >= 15 is 0 Å². The van der Waals surface area contributed by atoms with Crippen LogP contribution >= 0.6 is 0 Å². The third kappa shape index (κ3) is 3.53. The first-order valence-electron chi connectivity index (χ1n) is 10.1. The van der Waals surface area contributed by atoms with Crippen molar-refractivity contribution in [1.82, 2.24) is 15.8 Å². The van der Waals surface area contributed by atoms with Crippen LogP contribution < -0.4 is 10.7 Å². The molecule has 0 aromatic rings. The maximum absolute atomic E-state index is 12.6. The summed E-state index contributed by atoms with van der Waals surface area (Å²) in [4.78, 5) is 48.8. The first-order valence-corrected chi connectivity index (χ1v) is 10.1. The van der Waals surface area contributed by atoms with Crippen LogP contribution in [0.4, 0.5) is 4.79 Å². The normalized spacial score (nSPS) is 31.3. The predicted molar refractivity (Wildman–Crippen MR) is 93.9 cm³/mol. The Kier molecular flexibility index (Phi) is 4.82. The van der Waals surface area contributed by atoms with Gasteiger partial charge in [-0.3, -0.25) is 19.8 Å². The van der Waals surface area contributed by atoms with Gasteiger partial charge in [0.15, 0.2) is 6.61 Å². The van der Waals surface area contributed by atoms with Crippen LogP contribution in [0.3, 0.4) is 0 Å². The molecule has 1 saturated heterocycles. The average Bonchev–Trinajstić information content (AvgIpc) is 3.32. The summed E-state index contributed by atoms with van der Waals surface area (Å²) in [5, 5.41) is 3.45. The van der Waals surface area contributed by atoms with Crippen molar-refractivity contribution >= 4 is 23.8 Å². The molecule has 4 fully saturated rings. The number of nitrogens with one attached hydrogen (secondary N) is 2. The summed E-state index contributed by atoms with van der Waals surface area (Å²) in [5.74, 6) is 0.262. The molecular formula is C19H27N3O5. The van der Waals surface area contributed by atoms with E-state index in [0.29, 0.717) is 31.1 Å². The highest BCUT2D eigenvalue weighted by atomic mass is 16.5. The largest absolute Gasteiger partial charge is 0.455 e. The molecule has 1 spiro atoms. The molecule has 2 bridgehead atoms. The van der Waals surface area contributed by atoms with Crippen molar-refractivity contribution in [1.29, 1.82) is 0 Å². The van der Waals surface area contributed by atoms with E-state index in [-0.39, 0.29) is 5.97 Å². The van der Waals surface area contributed by atoms with E-state index in [1.54, 1.807) is 0 Å². The highest BCUT2D eigenvalue weighted by molar-refractivity contribution is 6.08. The quantitative estimate of drug-likeness (QED) is 0.560. The van der Waals surface area contributed by atoms with Crippen LogP contribution in [0.2, 0.25) is 0 Å². The van der Waals surface area contributed by atoms with Crippen LogP contribution in [0.5, 0.6) is 0 Å². The van der Waals surface area contributed by atoms with Gasteiger partial charge in [-0.2, -0.15) is 5.01 Å². The zero-order chi connectivity index (χ0) is 19.0. The molecule has 3 atom stereocenters. The van der Waals surface area contributed by atoms with Gasteiger partial charge in [-0.05, 0) is 49.9 Å². The van der Waals surface area contributed by atoms with Crippen LogP contribution in [0.1, 0.15) is 64.2 Å². The molecule has 4 aliphatic rings. The Labute approximate surface area is 158 Å². The summed E-state index contributed by atoms with van der Waals surface area (Å²) < 4.78 is 5.07. The van der Waals surface area contributed by atoms with Crippen molar-refractivity contribution in [3.63, 3.8) is 0 Å². The maximum Gasteiger partial charge on any atom is 0.344 e. The van der Waals surface area contributed by atoms with E-state index in [0.717, 1.165) is 36.6 Å². The standard InChI is InChI=1S/C19H27N3O5/c23-15(11-27-16(24)10-14-9-12-4-5-13(14)8-12)21-22-17(25)19(20-18(22)26)6-2-1-3-7-19/h12-14H,1-11H2,(H,20,26)(H,21,23)/t12-,13+,14-/m1/s1. The molecule has 3 saturated carbocycles. The van der Waals surface area contributed by atoms with Crippen LogP contribution in [0.15, 0.2) is 0 Å². The fraction of sp³-hybridized carbons (Fsp3) is 0.789. The molecular weight excluding hydrogens is 350 g/mol. The van der Waals surface area contributed by atoms with Gasteiger partial charge in [0.25, 0.3) is 11.8 Å². The summed E-state index contributed by atoms with van der Waals surface area (Å²) in [6.45, 7) is -0.482. The van der Waals surface area contributed by atoms with E-state index in [1.165, 1.54) is 19.3 Å². The molecule has 2 N–H and O–H groups in total. The van der Waals surface area contributed by atoms with Crippen molar-refractivity contribution in [2.75, 3.05) is 6.61 Å². The Bertz CT molecular complexity index is 658. The lowest BCUT2D eigenvalue weighted by Crippen LogP contribution is -2.51. The summed E-state index contributed by atoms with van der Waals surface area (Å²) in [5.41, 5.74) is 1.39. The van der Waals surface area contributed by atoms with Gasteiger partial charge in [0.05, 0.1) is 0 Å². The number of hydrogen-bond acceptors (Lipinski definition) is 5. The smallest absolute Gasteiger partial charge is 0.344 e. The molecule has 148 valence electrons. The Morgan fingerprint density at radius 2 is 1.93 bits per heavy atom. The van der Waals surface area contributed by atoms with Gasteiger partial charge >= 0.3 is 12.0 Å². The highest BCUT2D eigenvalue weighted by Gasteiger charge is 2.52. The minimum atomic E-state index is -0.888. The molecule has 0 aromatic heterocycles. The number of imide groups is 1. The Morgan fingerprint density at radius 3 is 2.59 bits per heavy atom. The minimum absolute atomic E-state index is 0.348. The molecule has 4 amide bonds. The lowest BCUT2D eigenvalue weighted by atomic mass is 9.82. The van der Waals surface area contributed by atoms with E-state index in [2.05, 4.69) is 10.7 Å². The van der Waals surface area contributed by atoms with Crippen molar-refractivity contribution in [2.24, 2.45) is 17.8 Å². The van der Waals surface area contributed by atoms with E-state index in [9.17, 15) is 19.2 Å². The van der Waals surface area contributed by atoms with Crippen LogP contribution in [-0.4, -0.2) is 41.0 Å². The van der Waals surface area contributed by atoms with Gasteiger partial charge in [-0.25, -0.2) is 4.79 Å². The molecule has 1 heterocycles.